The fraction of sp³-hybridized carbons (Fsp3) is 0.700. The third kappa shape index (κ3) is 1.87. The summed E-state index contributed by atoms with van der Waals surface area (Å²) in [6, 6.07) is -0.465. The largest absolute Gasteiger partial charge is 0.481 e. The molecule has 0 aromatic carbocycles. The fourth-order valence-electron chi connectivity index (χ4n) is 1.99. The molecule has 0 aromatic heterocycles. The molecule has 16 heavy (non-hydrogen) atoms. The Morgan fingerprint density at radius 1 is 1.44 bits per heavy atom. The monoisotopic (exact) mass is 226 g/mol. The maximum atomic E-state index is 11.6. The normalized spacial score (nSPS) is 32.7. The topological polar surface area (TPSA) is 86.7 Å². The fourth-order valence-corrected chi connectivity index (χ4v) is 1.99. The van der Waals surface area contributed by atoms with Gasteiger partial charge in [-0.15, -0.1) is 0 Å². The van der Waals surface area contributed by atoms with Crippen LogP contribution in [0.2, 0.25) is 0 Å². The summed E-state index contributed by atoms with van der Waals surface area (Å²) in [5.41, 5.74) is 0. The van der Waals surface area contributed by atoms with E-state index in [2.05, 4.69) is 5.32 Å². The van der Waals surface area contributed by atoms with Crippen LogP contribution in [0.25, 0.3) is 0 Å². The molecule has 2 amide bonds. The molecule has 1 unspecified atom stereocenters. The highest BCUT2D eigenvalue weighted by Crippen LogP contribution is 2.38. The minimum Gasteiger partial charge on any atom is -0.481 e. The first-order valence-corrected chi connectivity index (χ1v) is 5.29. The van der Waals surface area contributed by atoms with E-state index in [1.165, 1.54) is 0 Å². The Balaban J connectivity index is 1.85. The van der Waals surface area contributed by atoms with Gasteiger partial charge in [0, 0.05) is 13.6 Å². The van der Waals surface area contributed by atoms with Crippen LogP contribution in [-0.4, -0.2) is 47.4 Å². The number of hydrogen-bond donors (Lipinski definition) is 2. The maximum absolute atomic E-state index is 11.6. The Morgan fingerprint density at radius 3 is 2.56 bits per heavy atom. The lowest BCUT2D eigenvalue weighted by molar-refractivity contribution is -0.140. The van der Waals surface area contributed by atoms with Gasteiger partial charge in [0.2, 0.25) is 11.8 Å². The Kier molecular flexibility index (Phi) is 2.57. The molecule has 1 saturated heterocycles. The number of carbonyl (C=O) groups is 3. The molecule has 1 aliphatic carbocycles. The van der Waals surface area contributed by atoms with Gasteiger partial charge in [-0.1, -0.05) is 0 Å². The molecule has 3 atom stereocenters. The molecule has 0 aromatic rings. The van der Waals surface area contributed by atoms with E-state index in [1.54, 1.807) is 11.9 Å². The van der Waals surface area contributed by atoms with Crippen LogP contribution in [0, 0.1) is 11.8 Å². The van der Waals surface area contributed by atoms with Crippen molar-refractivity contribution in [2.45, 2.75) is 18.9 Å². The van der Waals surface area contributed by atoms with Gasteiger partial charge >= 0.3 is 5.97 Å². The van der Waals surface area contributed by atoms with Crippen LogP contribution in [0.4, 0.5) is 0 Å². The Morgan fingerprint density at radius 2 is 2.12 bits per heavy atom. The Bertz CT molecular complexity index is 355. The summed E-state index contributed by atoms with van der Waals surface area (Å²) >= 11 is 0. The predicted octanol–water partition coefficient (Wildman–Crippen LogP) is -0.946. The molecule has 88 valence electrons. The summed E-state index contributed by atoms with van der Waals surface area (Å²) in [4.78, 5) is 35.2. The van der Waals surface area contributed by atoms with Crippen LogP contribution < -0.4 is 5.32 Å². The number of rotatable bonds is 3. The minimum atomic E-state index is -0.935. The highest BCUT2D eigenvalue weighted by molar-refractivity contribution is 5.93. The van der Waals surface area contributed by atoms with E-state index in [0.717, 1.165) is 0 Å². The SMILES string of the molecule is CN1CCC(NC(=O)[C@@H]2C[C@@H]2C(=O)O)C1=O. The molecule has 0 bridgehead atoms. The smallest absolute Gasteiger partial charge is 0.307 e. The van der Waals surface area contributed by atoms with Crippen molar-refractivity contribution in [1.29, 1.82) is 0 Å². The molecule has 2 aliphatic rings. The molecule has 1 aliphatic heterocycles. The van der Waals surface area contributed by atoms with Crippen LogP contribution in [0.3, 0.4) is 0 Å². The summed E-state index contributed by atoms with van der Waals surface area (Å²) < 4.78 is 0. The first-order valence-electron chi connectivity index (χ1n) is 5.29. The zero-order valence-corrected chi connectivity index (χ0v) is 8.97. The van der Waals surface area contributed by atoms with Crippen molar-refractivity contribution in [2.75, 3.05) is 13.6 Å². The number of carbonyl (C=O) groups excluding carboxylic acids is 2. The van der Waals surface area contributed by atoms with Gasteiger partial charge in [-0.2, -0.15) is 0 Å². The number of likely N-dealkylation sites (tertiary alicyclic amines) is 1. The van der Waals surface area contributed by atoms with Crippen LogP contribution in [0.5, 0.6) is 0 Å². The third-order valence-electron chi connectivity index (χ3n) is 3.19. The van der Waals surface area contributed by atoms with E-state index in [4.69, 9.17) is 5.11 Å². The van der Waals surface area contributed by atoms with Crippen molar-refractivity contribution in [3.63, 3.8) is 0 Å². The first-order chi connectivity index (χ1) is 7.50. The second-order valence-electron chi connectivity index (χ2n) is 4.40. The standard InChI is InChI=1S/C10H14N2O4/c1-12-3-2-7(9(12)14)11-8(13)5-4-6(5)10(15)16/h5-7H,2-4H2,1H3,(H,11,13)(H,15,16)/t5-,6+,7?/m1/s1. The van der Waals surface area contributed by atoms with Crippen molar-refractivity contribution >= 4 is 17.8 Å². The van der Waals surface area contributed by atoms with Gasteiger partial charge in [0.05, 0.1) is 11.8 Å². The lowest BCUT2D eigenvalue weighted by Crippen LogP contribution is -2.41. The number of nitrogens with one attached hydrogen (secondary N) is 1. The third-order valence-corrected chi connectivity index (χ3v) is 3.19. The minimum absolute atomic E-state index is 0.0964. The van der Waals surface area contributed by atoms with Crippen molar-refractivity contribution in [3.05, 3.63) is 0 Å². The van der Waals surface area contributed by atoms with Crippen molar-refractivity contribution in [2.24, 2.45) is 11.8 Å². The summed E-state index contributed by atoms with van der Waals surface area (Å²) in [7, 11) is 1.69. The molecule has 2 rings (SSSR count). The molecule has 2 fully saturated rings. The first kappa shape index (κ1) is 10.9. The van der Waals surface area contributed by atoms with Gasteiger partial charge < -0.3 is 15.3 Å². The van der Waals surface area contributed by atoms with Crippen molar-refractivity contribution in [3.8, 4) is 0 Å². The highest BCUT2D eigenvalue weighted by Gasteiger charge is 2.49. The number of carboxylic acid groups (broad SMARTS) is 1. The Hall–Kier alpha value is -1.59. The average molecular weight is 226 g/mol. The predicted molar refractivity (Wildman–Crippen MR) is 53.4 cm³/mol. The second-order valence-corrected chi connectivity index (χ2v) is 4.40. The molecule has 1 saturated carbocycles. The lowest BCUT2D eigenvalue weighted by Gasteiger charge is -2.11. The van der Waals surface area contributed by atoms with Gasteiger partial charge in [0.25, 0.3) is 0 Å². The Labute approximate surface area is 92.6 Å². The summed E-state index contributed by atoms with van der Waals surface area (Å²) in [5, 5.41) is 11.3. The van der Waals surface area contributed by atoms with Crippen LogP contribution >= 0.6 is 0 Å². The van der Waals surface area contributed by atoms with E-state index in [9.17, 15) is 14.4 Å². The highest BCUT2D eigenvalue weighted by atomic mass is 16.4. The van der Waals surface area contributed by atoms with E-state index in [0.29, 0.717) is 19.4 Å². The zero-order chi connectivity index (χ0) is 11.9. The van der Waals surface area contributed by atoms with E-state index in [1.807, 2.05) is 0 Å². The van der Waals surface area contributed by atoms with Crippen LogP contribution in [0.15, 0.2) is 0 Å². The second kappa shape index (κ2) is 3.77. The number of likely N-dealkylation sites (N-methyl/N-ethyl adjacent to an activating group) is 1. The number of nitrogens with zero attached hydrogens (tertiary/aromatic N) is 1. The summed E-state index contributed by atoms with van der Waals surface area (Å²) in [6.07, 6.45) is 0.990. The van der Waals surface area contributed by atoms with Gasteiger partial charge in [-0.25, -0.2) is 0 Å². The van der Waals surface area contributed by atoms with Gasteiger partial charge in [-0.3, -0.25) is 14.4 Å². The molecule has 6 nitrogen and oxygen atoms in total. The number of amides is 2. The van der Waals surface area contributed by atoms with Gasteiger partial charge in [0.15, 0.2) is 0 Å². The summed E-state index contributed by atoms with van der Waals surface area (Å²) in [5.74, 6) is -2.35. The molecule has 1 heterocycles. The maximum Gasteiger partial charge on any atom is 0.307 e. The van der Waals surface area contributed by atoms with Crippen molar-refractivity contribution < 1.29 is 19.5 Å². The summed E-state index contributed by atoms with van der Waals surface area (Å²) in [6.45, 7) is 0.636. The quantitative estimate of drug-likeness (QED) is 0.650. The number of carboxylic acids is 1. The molecular weight excluding hydrogens is 212 g/mol. The molecule has 0 radical (unpaired) electrons. The number of hydrogen-bond acceptors (Lipinski definition) is 3. The van der Waals surface area contributed by atoms with Crippen LogP contribution in [-0.2, 0) is 14.4 Å². The van der Waals surface area contributed by atoms with E-state index < -0.39 is 23.8 Å². The van der Waals surface area contributed by atoms with Crippen LogP contribution in [0.1, 0.15) is 12.8 Å². The van der Waals surface area contributed by atoms with Gasteiger partial charge in [0.1, 0.15) is 6.04 Å². The zero-order valence-electron chi connectivity index (χ0n) is 8.97. The van der Waals surface area contributed by atoms with E-state index in [-0.39, 0.29) is 11.8 Å². The molecule has 2 N–H and O–H groups in total. The molecule has 0 spiro atoms. The average Bonchev–Trinajstić information content (AvgIpc) is 2.97. The van der Waals surface area contributed by atoms with E-state index >= 15 is 0 Å². The lowest BCUT2D eigenvalue weighted by atomic mass is 10.2. The van der Waals surface area contributed by atoms with Crippen molar-refractivity contribution in [1.82, 2.24) is 10.2 Å². The molecular formula is C10H14N2O4. The molecule has 6 heteroatoms. The number of aliphatic carboxylic acids is 1. The van der Waals surface area contributed by atoms with Gasteiger partial charge in [-0.05, 0) is 12.8 Å².